The average molecular weight is 284 g/mol. The van der Waals surface area contributed by atoms with E-state index in [0.717, 1.165) is 5.56 Å². The Balaban J connectivity index is 2.29. The van der Waals surface area contributed by atoms with Crippen LogP contribution >= 0.6 is 0 Å². The summed E-state index contributed by atoms with van der Waals surface area (Å²) in [4.78, 5) is 12.1. The fourth-order valence-electron chi connectivity index (χ4n) is 2.27. The van der Waals surface area contributed by atoms with Crippen LogP contribution in [0.15, 0.2) is 60.7 Å². The van der Waals surface area contributed by atoms with Crippen molar-refractivity contribution in [3.63, 3.8) is 0 Å². The predicted molar refractivity (Wildman–Crippen MR) is 82.9 cm³/mol. The molecule has 0 spiro atoms. The molecule has 0 radical (unpaired) electrons. The molecule has 110 valence electrons. The summed E-state index contributed by atoms with van der Waals surface area (Å²) < 4.78 is 5.78. The van der Waals surface area contributed by atoms with Crippen LogP contribution < -0.4 is 15.8 Å². The Morgan fingerprint density at radius 1 is 1.10 bits per heavy atom. The van der Waals surface area contributed by atoms with Gasteiger partial charge in [-0.2, -0.15) is 0 Å². The van der Waals surface area contributed by atoms with Crippen molar-refractivity contribution in [1.29, 1.82) is 0 Å². The standard InChI is InChI=1S/C17H20N2O2/c1-2-19-17(16(18)20,14-9-5-3-6-10-14)13-21-15-11-7-4-8-12-15/h3-12,19H,2,13H2,1H3,(H2,18,20). The van der Waals surface area contributed by atoms with Crippen molar-refractivity contribution >= 4 is 5.91 Å². The Labute approximate surface area is 124 Å². The fourth-order valence-corrected chi connectivity index (χ4v) is 2.27. The van der Waals surface area contributed by atoms with Gasteiger partial charge in [-0.1, -0.05) is 55.5 Å². The molecule has 3 N–H and O–H groups in total. The van der Waals surface area contributed by atoms with Crippen LogP contribution in [-0.4, -0.2) is 19.1 Å². The Kier molecular flexibility index (Phi) is 4.95. The second-order valence-electron chi connectivity index (χ2n) is 4.77. The summed E-state index contributed by atoms with van der Waals surface area (Å²) in [5.41, 5.74) is 5.44. The summed E-state index contributed by atoms with van der Waals surface area (Å²) in [5, 5.41) is 3.18. The Hall–Kier alpha value is -2.33. The van der Waals surface area contributed by atoms with Crippen LogP contribution in [0.4, 0.5) is 0 Å². The first kappa shape index (κ1) is 15.1. The van der Waals surface area contributed by atoms with E-state index in [4.69, 9.17) is 10.5 Å². The minimum Gasteiger partial charge on any atom is -0.491 e. The third kappa shape index (κ3) is 3.41. The molecule has 1 atom stereocenters. The van der Waals surface area contributed by atoms with Gasteiger partial charge in [-0.3, -0.25) is 10.1 Å². The lowest BCUT2D eigenvalue weighted by Crippen LogP contribution is -2.56. The summed E-state index contributed by atoms with van der Waals surface area (Å²) in [6.07, 6.45) is 0. The van der Waals surface area contributed by atoms with Crippen molar-refractivity contribution in [2.24, 2.45) is 5.73 Å². The minimum atomic E-state index is -1.04. The summed E-state index contributed by atoms with van der Waals surface area (Å²) in [6, 6.07) is 18.8. The van der Waals surface area contributed by atoms with Gasteiger partial charge in [-0.05, 0) is 24.2 Å². The zero-order valence-electron chi connectivity index (χ0n) is 12.1. The van der Waals surface area contributed by atoms with Crippen LogP contribution in [0.2, 0.25) is 0 Å². The molecule has 4 heteroatoms. The number of likely N-dealkylation sites (N-methyl/N-ethyl adjacent to an activating group) is 1. The molecule has 0 fully saturated rings. The van der Waals surface area contributed by atoms with E-state index in [0.29, 0.717) is 12.3 Å². The summed E-state index contributed by atoms with van der Waals surface area (Å²) >= 11 is 0. The van der Waals surface area contributed by atoms with Gasteiger partial charge in [0, 0.05) is 0 Å². The number of ether oxygens (including phenoxy) is 1. The highest BCUT2D eigenvalue weighted by atomic mass is 16.5. The summed E-state index contributed by atoms with van der Waals surface area (Å²) in [5.74, 6) is 0.253. The molecule has 2 rings (SSSR count). The van der Waals surface area contributed by atoms with Crippen molar-refractivity contribution in [2.45, 2.75) is 12.5 Å². The maximum absolute atomic E-state index is 12.1. The number of primary amides is 1. The van der Waals surface area contributed by atoms with Crippen molar-refractivity contribution in [3.8, 4) is 5.75 Å². The van der Waals surface area contributed by atoms with E-state index in [1.165, 1.54) is 0 Å². The molecule has 21 heavy (non-hydrogen) atoms. The molecule has 1 unspecified atom stereocenters. The van der Waals surface area contributed by atoms with Crippen molar-refractivity contribution < 1.29 is 9.53 Å². The summed E-state index contributed by atoms with van der Waals surface area (Å²) in [7, 11) is 0. The number of nitrogens with two attached hydrogens (primary N) is 1. The highest BCUT2D eigenvalue weighted by Gasteiger charge is 2.38. The van der Waals surface area contributed by atoms with Gasteiger partial charge >= 0.3 is 0 Å². The van der Waals surface area contributed by atoms with Crippen LogP contribution in [0.3, 0.4) is 0 Å². The second kappa shape index (κ2) is 6.90. The van der Waals surface area contributed by atoms with E-state index in [1.807, 2.05) is 67.6 Å². The van der Waals surface area contributed by atoms with E-state index in [-0.39, 0.29) is 6.61 Å². The van der Waals surface area contributed by atoms with E-state index >= 15 is 0 Å². The number of rotatable bonds is 7. The first-order valence-electron chi connectivity index (χ1n) is 6.97. The average Bonchev–Trinajstić information content (AvgIpc) is 2.53. The summed E-state index contributed by atoms with van der Waals surface area (Å²) in [6.45, 7) is 2.68. The normalized spacial score (nSPS) is 13.4. The van der Waals surface area contributed by atoms with Gasteiger partial charge in [-0.15, -0.1) is 0 Å². The molecule has 0 heterocycles. The van der Waals surface area contributed by atoms with E-state index in [2.05, 4.69) is 5.32 Å². The van der Waals surface area contributed by atoms with Crippen LogP contribution in [0.5, 0.6) is 5.75 Å². The van der Waals surface area contributed by atoms with Gasteiger partial charge in [0.1, 0.15) is 12.4 Å². The number of para-hydroxylation sites is 1. The molecule has 4 nitrogen and oxygen atoms in total. The topological polar surface area (TPSA) is 64.3 Å². The maximum atomic E-state index is 12.1. The van der Waals surface area contributed by atoms with Gasteiger partial charge in [0.15, 0.2) is 5.54 Å². The minimum absolute atomic E-state index is 0.143. The maximum Gasteiger partial charge on any atom is 0.245 e. The Bertz CT molecular complexity index is 572. The number of hydrogen-bond acceptors (Lipinski definition) is 3. The van der Waals surface area contributed by atoms with Gasteiger partial charge in [-0.25, -0.2) is 0 Å². The molecule has 0 aliphatic heterocycles. The first-order chi connectivity index (χ1) is 10.2. The van der Waals surface area contributed by atoms with E-state index in [1.54, 1.807) is 0 Å². The quantitative estimate of drug-likeness (QED) is 0.818. The lowest BCUT2D eigenvalue weighted by Gasteiger charge is -2.31. The fraction of sp³-hybridized carbons (Fsp3) is 0.235. The molecule has 0 aromatic heterocycles. The van der Waals surface area contributed by atoms with Crippen molar-refractivity contribution in [2.75, 3.05) is 13.2 Å². The zero-order chi connectivity index (χ0) is 15.1. The number of nitrogens with one attached hydrogen (secondary N) is 1. The molecule has 0 saturated heterocycles. The number of carbonyl (C=O) groups excluding carboxylic acids is 1. The number of amides is 1. The number of hydrogen-bond donors (Lipinski definition) is 2. The lowest BCUT2D eigenvalue weighted by molar-refractivity contribution is -0.126. The van der Waals surface area contributed by atoms with Crippen LogP contribution in [0.1, 0.15) is 12.5 Å². The largest absolute Gasteiger partial charge is 0.491 e. The number of carbonyl (C=O) groups is 1. The van der Waals surface area contributed by atoms with Crippen molar-refractivity contribution in [3.05, 3.63) is 66.2 Å². The molecule has 2 aromatic rings. The molecule has 0 saturated carbocycles. The van der Waals surface area contributed by atoms with Crippen molar-refractivity contribution in [1.82, 2.24) is 5.32 Å². The molecular formula is C17H20N2O2. The monoisotopic (exact) mass is 284 g/mol. The SMILES string of the molecule is CCNC(COc1ccccc1)(C(N)=O)c1ccccc1. The molecule has 1 amide bonds. The smallest absolute Gasteiger partial charge is 0.245 e. The van der Waals surface area contributed by atoms with Crippen LogP contribution in [-0.2, 0) is 10.3 Å². The second-order valence-corrected chi connectivity index (χ2v) is 4.77. The zero-order valence-corrected chi connectivity index (χ0v) is 12.1. The van der Waals surface area contributed by atoms with Gasteiger partial charge in [0.25, 0.3) is 0 Å². The molecule has 2 aromatic carbocycles. The highest BCUT2D eigenvalue weighted by Crippen LogP contribution is 2.23. The van der Waals surface area contributed by atoms with Gasteiger partial charge in [0.05, 0.1) is 0 Å². The number of benzene rings is 2. The molecular weight excluding hydrogens is 264 g/mol. The highest BCUT2D eigenvalue weighted by molar-refractivity contribution is 5.86. The predicted octanol–water partition coefficient (Wildman–Crippen LogP) is 2.06. The van der Waals surface area contributed by atoms with Crippen LogP contribution in [0, 0.1) is 0 Å². The third-order valence-corrected chi connectivity index (χ3v) is 3.36. The molecule has 0 bridgehead atoms. The molecule has 0 aliphatic carbocycles. The Morgan fingerprint density at radius 3 is 2.19 bits per heavy atom. The lowest BCUT2D eigenvalue weighted by atomic mass is 9.89. The molecule has 0 aliphatic rings. The van der Waals surface area contributed by atoms with Crippen LogP contribution in [0.25, 0.3) is 0 Å². The van der Waals surface area contributed by atoms with Gasteiger partial charge < -0.3 is 10.5 Å². The van der Waals surface area contributed by atoms with E-state index < -0.39 is 11.4 Å². The first-order valence-corrected chi connectivity index (χ1v) is 6.97. The third-order valence-electron chi connectivity index (χ3n) is 3.36. The van der Waals surface area contributed by atoms with Gasteiger partial charge in [0.2, 0.25) is 5.91 Å². The Morgan fingerprint density at radius 2 is 1.67 bits per heavy atom. The van der Waals surface area contributed by atoms with E-state index in [9.17, 15) is 4.79 Å².